The normalized spacial score (nSPS) is 13.7. The van der Waals surface area contributed by atoms with Gasteiger partial charge < -0.3 is 4.90 Å². The third-order valence-corrected chi connectivity index (χ3v) is 4.84. The van der Waals surface area contributed by atoms with Crippen molar-refractivity contribution in [2.24, 2.45) is 0 Å². The van der Waals surface area contributed by atoms with Crippen LogP contribution in [0.25, 0.3) is 22.2 Å². The predicted octanol–water partition coefficient (Wildman–Crippen LogP) is 3.45. The Hall–Kier alpha value is -3.05. The number of para-hydroxylation sites is 1. The van der Waals surface area contributed by atoms with Gasteiger partial charge in [0.05, 0.1) is 22.3 Å². The number of amides is 2. The maximum atomic E-state index is 13.2. The Morgan fingerprint density at radius 2 is 1.56 bits per heavy atom. The van der Waals surface area contributed by atoms with Crippen LogP contribution in [0.4, 0.5) is 0 Å². The topological polar surface area (TPSA) is 53.5 Å². The summed E-state index contributed by atoms with van der Waals surface area (Å²) in [4.78, 5) is 34.5. The second kappa shape index (κ2) is 6.93. The number of rotatable bonds is 5. The first-order chi connectivity index (χ1) is 13.1. The second-order valence-electron chi connectivity index (χ2n) is 7.01. The van der Waals surface area contributed by atoms with Crippen LogP contribution in [0.3, 0.4) is 0 Å². The molecule has 0 saturated carbocycles. The summed E-state index contributed by atoms with van der Waals surface area (Å²) in [5.41, 5.74) is 3.06. The maximum Gasteiger partial charge on any atom is 0.263 e. The van der Waals surface area contributed by atoms with Crippen molar-refractivity contribution in [3.8, 4) is 11.3 Å². The van der Waals surface area contributed by atoms with Crippen LogP contribution in [0.2, 0.25) is 0 Å². The average Bonchev–Trinajstić information content (AvgIpc) is 2.93. The van der Waals surface area contributed by atoms with Gasteiger partial charge in [0.15, 0.2) is 0 Å². The Bertz CT molecular complexity index is 1030. The molecule has 3 aromatic rings. The molecule has 1 aliphatic heterocycles. The molecule has 0 saturated heterocycles. The number of hydrogen-bond acceptors (Lipinski definition) is 4. The Balaban J connectivity index is 1.87. The van der Waals surface area contributed by atoms with Crippen LogP contribution < -0.4 is 0 Å². The number of imide groups is 1. The van der Waals surface area contributed by atoms with Gasteiger partial charge in [0, 0.05) is 17.5 Å². The van der Waals surface area contributed by atoms with Crippen LogP contribution in [-0.4, -0.2) is 53.8 Å². The van der Waals surface area contributed by atoms with E-state index in [1.54, 1.807) is 0 Å². The number of fused-ring (bicyclic) bond motifs is 3. The standard InChI is InChI=1S/C22H21N3O2/c1-24(2)13-8-14-25-21(26)18-16-11-6-7-12-17(16)23-20(19(18)22(25)27)15-9-4-3-5-10-15/h3-7,9-12H,8,13-14H2,1-2H3. The molecule has 27 heavy (non-hydrogen) atoms. The Morgan fingerprint density at radius 1 is 0.889 bits per heavy atom. The minimum absolute atomic E-state index is 0.218. The van der Waals surface area contributed by atoms with E-state index < -0.39 is 0 Å². The maximum absolute atomic E-state index is 13.2. The minimum Gasteiger partial charge on any atom is -0.309 e. The van der Waals surface area contributed by atoms with Gasteiger partial charge in [-0.1, -0.05) is 48.5 Å². The van der Waals surface area contributed by atoms with Crippen molar-refractivity contribution in [1.29, 1.82) is 0 Å². The lowest BCUT2D eigenvalue weighted by atomic mass is 9.98. The van der Waals surface area contributed by atoms with E-state index in [2.05, 4.69) is 0 Å². The summed E-state index contributed by atoms with van der Waals surface area (Å²) < 4.78 is 0. The molecule has 2 aromatic carbocycles. The molecule has 0 bridgehead atoms. The van der Waals surface area contributed by atoms with Crippen molar-refractivity contribution >= 4 is 22.7 Å². The van der Waals surface area contributed by atoms with Gasteiger partial charge in [0.1, 0.15) is 0 Å². The molecule has 1 aliphatic rings. The molecule has 0 unspecified atom stereocenters. The Labute approximate surface area is 158 Å². The largest absolute Gasteiger partial charge is 0.309 e. The predicted molar refractivity (Wildman–Crippen MR) is 106 cm³/mol. The summed E-state index contributed by atoms with van der Waals surface area (Å²) >= 11 is 0. The molecule has 0 atom stereocenters. The van der Waals surface area contributed by atoms with Crippen LogP contribution in [0.15, 0.2) is 54.6 Å². The molecular formula is C22H21N3O2. The zero-order valence-corrected chi connectivity index (χ0v) is 15.5. The Morgan fingerprint density at radius 3 is 2.30 bits per heavy atom. The molecule has 4 rings (SSSR count). The van der Waals surface area contributed by atoms with Crippen molar-refractivity contribution in [1.82, 2.24) is 14.8 Å². The molecule has 0 aliphatic carbocycles. The first-order valence-corrected chi connectivity index (χ1v) is 9.07. The summed E-state index contributed by atoms with van der Waals surface area (Å²) in [6.07, 6.45) is 0.741. The van der Waals surface area contributed by atoms with E-state index in [1.165, 1.54) is 4.90 Å². The van der Waals surface area contributed by atoms with Crippen LogP contribution >= 0.6 is 0 Å². The molecule has 0 fully saturated rings. The van der Waals surface area contributed by atoms with Gasteiger partial charge >= 0.3 is 0 Å². The summed E-state index contributed by atoms with van der Waals surface area (Å²) in [6, 6.07) is 17.1. The monoisotopic (exact) mass is 359 g/mol. The fourth-order valence-electron chi connectivity index (χ4n) is 3.56. The highest BCUT2D eigenvalue weighted by molar-refractivity contribution is 6.28. The molecule has 136 valence electrons. The second-order valence-corrected chi connectivity index (χ2v) is 7.01. The van der Waals surface area contributed by atoms with Gasteiger partial charge in [0.2, 0.25) is 0 Å². The molecule has 1 aromatic heterocycles. The number of aromatic nitrogens is 1. The molecule has 2 heterocycles. The number of carbonyl (C=O) groups is 2. The van der Waals surface area contributed by atoms with E-state index in [9.17, 15) is 9.59 Å². The number of nitrogens with zero attached hydrogens (tertiary/aromatic N) is 3. The molecule has 0 spiro atoms. The van der Waals surface area contributed by atoms with Crippen molar-refractivity contribution < 1.29 is 9.59 Å². The zero-order chi connectivity index (χ0) is 19.0. The summed E-state index contributed by atoms with van der Waals surface area (Å²) in [7, 11) is 3.96. The first-order valence-electron chi connectivity index (χ1n) is 9.07. The van der Waals surface area contributed by atoms with Crippen LogP contribution in [0.1, 0.15) is 27.1 Å². The molecule has 2 amide bonds. The van der Waals surface area contributed by atoms with Gasteiger partial charge in [-0.2, -0.15) is 0 Å². The molecule has 0 N–H and O–H groups in total. The minimum atomic E-state index is -0.245. The van der Waals surface area contributed by atoms with Gasteiger partial charge in [-0.15, -0.1) is 0 Å². The summed E-state index contributed by atoms with van der Waals surface area (Å²) in [6.45, 7) is 1.23. The van der Waals surface area contributed by atoms with E-state index in [4.69, 9.17) is 4.98 Å². The third-order valence-electron chi connectivity index (χ3n) is 4.84. The van der Waals surface area contributed by atoms with Crippen LogP contribution in [0, 0.1) is 0 Å². The summed E-state index contributed by atoms with van der Waals surface area (Å²) in [5, 5.41) is 0.737. The fraction of sp³-hybridized carbons (Fsp3) is 0.227. The molecule has 5 nitrogen and oxygen atoms in total. The highest BCUT2D eigenvalue weighted by Gasteiger charge is 2.39. The van der Waals surface area contributed by atoms with Gasteiger partial charge in [-0.25, -0.2) is 4.98 Å². The quantitative estimate of drug-likeness (QED) is 0.655. The number of hydrogen-bond donors (Lipinski definition) is 0. The lowest BCUT2D eigenvalue weighted by molar-refractivity contribution is 0.0650. The number of pyridine rings is 1. The Kier molecular flexibility index (Phi) is 4.46. The third kappa shape index (κ3) is 3.00. The van der Waals surface area contributed by atoms with E-state index >= 15 is 0 Å². The van der Waals surface area contributed by atoms with Crippen molar-refractivity contribution in [2.45, 2.75) is 6.42 Å². The zero-order valence-electron chi connectivity index (χ0n) is 15.5. The van der Waals surface area contributed by atoms with Gasteiger partial charge in [0.25, 0.3) is 11.8 Å². The summed E-state index contributed by atoms with van der Waals surface area (Å²) in [5.74, 6) is -0.463. The SMILES string of the molecule is CN(C)CCCN1C(=O)c2c(-c3ccccc3)nc3ccccc3c2C1=O. The van der Waals surface area contributed by atoms with Crippen molar-refractivity contribution in [3.63, 3.8) is 0 Å². The molecular weight excluding hydrogens is 338 g/mol. The molecule has 0 radical (unpaired) electrons. The molecule has 5 heteroatoms. The first kappa shape index (κ1) is 17.4. The van der Waals surface area contributed by atoms with Gasteiger partial charge in [-0.05, 0) is 33.1 Å². The highest BCUT2D eigenvalue weighted by Crippen LogP contribution is 2.36. The smallest absolute Gasteiger partial charge is 0.263 e. The van der Waals surface area contributed by atoms with E-state index in [-0.39, 0.29) is 11.8 Å². The lowest BCUT2D eigenvalue weighted by Gasteiger charge is -2.15. The number of carbonyl (C=O) groups excluding carboxylic acids is 2. The highest BCUT2D eigenvalue weighted by atomic mass is 16.2. The van der Waals surface area contributed by atoms with E-state index in [0.717, 1.165) is 29.4 Å². The van der Waals surface area contributed by atoms with Crippen molar-refractivity contribution in [3.05, 3.63) is 65.7 Å². The number of benzene rings is 2. The average molecular weight is 359 g/mol. The fourth-order valence-corrected chi connectivity index (χ4v) is 3.56. The van der Waals surface area contributed by atoms with Gasteiger partial charge in [-0.3, -0.25) is 14.5 Å². The van der Waals surface area contributed by atoms with Crippen LogP contribution in [-0.2, 0) is 0 Å². The lowest BCUT2D eigenvalue weighted by Crippen LogP contribution is -2.32. The van der Waals surface area contributed by atoms with E-state index in [0.29, 0.717) is 23.4 Å². The van der Waals surface area contributed by atoms with E-state index in [1.807, 2.05) is 73.6 Å². The van der Waals surface area contributed by atoms with Crippen molar-refractivity contribution in [2.75, 3.05) is 27.2 Å². The van der Waals surface area contributed by atoms with Crippen LogP contribution in [0.5, 0.6) is 0 Å².